The van der Waals surface area contributed by atoms with Crippen LogP contribution in [0.1, 0.15) is 28.3 Å². The molecule has 9 nitrogen and oxygen atoms in total. The minimum absolute atomic E-state index is 0.236. The second-order valence-electron chi connectivity index (χ2n) is 7.28. The van der Waals surface area contributed by atoms with Gasteiger partial charge in [-0.2, -0.15) is 13.2 Å². The maximum atomic E-state index is 12.7. The Hall–Kier alpha value is -3.52. The Kier molecular flexibility index (Phi) is 6.03. The molecule has 0 fully saturated rings. The Bertz CT molecular complexity index is 1460. The monoisotopic (exact) mass is 510 g/mol. The number of rotatable bonds is 6. The third-order valence-corrected chi connectivity index (χ3v) is 7.46. The number of nitrogens with zero attached hydrogens (tertiary/aromatic N) is 4. The van der Waals surface area contributed by atoms with Crippen LogP contribution in [0.25, 0.3) is 11.0 Å². The molecule has 1 aromatic carbocycles. The smallest absolute Gasteiger partial charge is 0.343 e. The van der Waals surface area contributed by atoms with Crippen LogP contribution in [0, 0.1) is 0 Å². The minimum Gasteiger partial charge on any atom is -0.343 e. The van der Waals surface area contributed by atoms with Crippen molar-refractivity contribution >= 4 is 48.9 Å². The Morgan fingerprint density at radius 3 is 2.50 bits per heavy atom. The van der Waals surface area contributed by atoms with Gasteiger partial charge in [0.1, 0.15) is 11.2 Å². The summed E-state index contributed by atoms with van der Waals surface area (Å²) in [6, 6.07) is 5.41. The number of hydrogen-bond acceptors (Lipinski definition) is 8. The van der Waals surface area contributed by atoms with E-state index in [-0.39, 0.29) is 11.6 Å². The molecule has 0 saturated heterocycles. The number of carbonyl (C=O) groups is 1. The van der Waals surface area contributed by atoms with Crippen LogP contribution in [0.2, 0.25) is 0 Å². The molecule has 1 amide bonds. The number of fused-ring (bicyclic) bond motifs is 1. The van der Waals surface area contributed by atoms with Crippen LogP contribution in [0.4, 0.5) is 24.0 Å². The van der Waals surface area contributed by atoms with Crippen LogP contribution in [0.3, 0.4) is 0 Å². The summed E-state index contributed by atoms with van der Waals surface area (Å²) in [5.74, 6) is -0.375. The molecule has 4 aromatic rings. The minimum atomic E-state index is -5.41. The van der Waals surface area contributed by atoms with Crippen molar-refractivity contribution in [1.29, 1.82) is 0 Å². The Morgan fingerprint density at radius 1 is 1.12 bits per heavy atom. The summed E-state index contributed by atoms with van der Waals surface area (Å²) in [7, 11) is -3.60. The summed E-state index contributed by atoms with van der Waals surface area (Å²) in [5, 5.41) is 6.16. The molecule has 0 saturated carbocycles. The molecule has 4 rings (SSSR count). The molecule has 0 bridgehead atoms. The van der Waals surface area contributed by atoms with E-state index in [1.165, 1.54) is 29.7 Å². The Labute approximate surface area is 195 Å². The number of carbonyl (C=O) groups excluding carboxylic acids is 1. The van der Waals surface area contributed by atoms with Gasteiger partial charge in [0.2, 0.25) is 0 Å². The van der Waals surface area contributed by atoms with E-state index in [0.717, 1.165) is 17.6 Å². The third-order valence-electron chi connectivity index (χ3n) is 4.86. The molecule has 0 radical (unpaired) electrons. The van der Waals surface area contributed by atoms with Gasteiger partial charge in [-0.15, -0.1) is 0 Å². The number of hydrogen-bond donors (Lipinski definition) is 2. The van der Waals surface area contributed by atoms with Crippen molar-refractivity contribution in [1.82, 2.24) is 24.8 Å². The van der Waals surface area contributed by atoms with Gasteiger partial charge in [0, 0.05) is 23.8 Å². The molecule has 2 N–H and O–H groups in total. The lowest BCUT2D eigenvalue weighted by Crippen LogP contribution is -2.26. The Morgan fingerprint density at radius 2 is 1.82 bits per heavy atom. The van der Waals surface area contributed by atoms with E-state index in [9.17, 15) is 26.4 Å². The average molecular weight is 511 g/mol. The van der Waals surface area contributed by atoms with Crippen LogP contribution in [-0.4, -0.2) is 39.4 Å². The lowest BCUT2D eigenvalue weighted by molar-refractivity contribution is -0.0436. The predicted octanol–water partition coefficient (Wildman–Crippen LogP) is 3.95. The van der Waals surface area contributed by atoms with Gasteiger partial charge in [0.15, 0.2) is 5.13 Å². The van der Waals surface area contributed by atoms with Gasteiger partial charge in [-0.1, -0.05) is 11.3 Å². The molecular weight excluding hydrogens is 493 g/mol. The number of aryl methyl sites for hydroxylation is 1. The number of alkyl halides is 3. The second-order valence-corrected chi connectivity index (χ2v) is 10.3. The van der Waals surface area contributed by atoms with Crippen LogP contribution < -0.4 is 10.6 Å². The maximum absolute atomic E-state index is 12.7. The molecule has 1 unspecified atom stereocenters. The number of thiazole rings is 1. The topological polar surface area (TPSA) is 119 Å². The van der Waals surface area contributed by atoms with Gasteiger partial charge in [-0.05, 0) is 37.3 Å². The number of amides is 1. The van der Waals surface area contributed by atoms with Crippen molar-refractivity contribution < 1.29 is 26.4 Å². The van der Waals surface area contributed by atoms with E-state index >= 15 is 0 Å². The van der Waals surface area contributed by atoms with Crippen LogP contribution in [0.15, 0.2) is 53.9 Å². The van der Waals surface area contributed by atoms with Gasteiger partial charge in [0.05, 0.1) is 29.0 Å². The normalized spacial score (nSPS) is 13.1. The van der Waals surface area contributed by atoms with Gasteiger partial charge >= 0.3 is 5.51 Å². The zero-order chi connectivity index (χ0) is 24.7. The van der Waals surface area contributed by atoms with Crippen molar-refractivity contribution in [3.05, 3.63) is 59.6 Å². The molecule has 34 heavy (non-hydrogen) atoms. The number of sulfone groups is 1. The quantitative estimate of drug-likeness (QED) is 0.403. The van der Waals surface area contributed by atoms with Crippen LogP contribution in [0.5, 0.6) is 0 Å². The molecule has 1 atom stereocenters. The number of pyridine rings is 1. The zero-order valence-corrected chi connectivity index (χ0v) is 19.3. The predicted molar refractivity (Wildman–Crippen MR) is 119 cm³/mol. The van der Waals surface area contributed by atoms with E-state index in [1.807, 2.05) is 7.05 Å². The first-order valence-electron chi connectivity index (χ1n) is 9.68. The van der Waals surface area contributed by atoms with Gasteiger partial charge in [0.25, 0.3) is 15.7 Å². The number of anilines is 2. The van der Waals surface area contributed by atoms with Crippen LogP contribution in [-0.2, 0) is 16.9 Å². The molecule has 0 spiro atoms. The SMILES string of the molecule is CC(NC(=O)c1cc2c(cn1)ncn2C)c1cnc(Nc2ccc(S(=O)(=O)C(F)(F)F)cc2)s1. The molecule has 3 heterocycles. The summed E-state index contributed by atoms with van der Waals surface area (Å²) < 4.78 is 62.7. The second kappa shape index (κ2) is 8.68. The third kappa shape index (κ3) is 4.59. The van der Waals surface area contributed by atoms with E-state index in [1.54, 1.807) is 30.1 Å². The first-order chi connectivity index (χ1) is 16.0. The highest BCUT2D eigenvalue weighted by atomic mass is 32.2. The number of nitrogens with one attached hydrogen (secondary N) is 2. The zero-order valence-electron chi connectivity index (χ0n) is 17.7. The summed E-state index contributed by atoms with van der Waals surface area (Å²) >= 11 is 1.22. The summed E-state index contributed by atoms with van der Waals surface area (Å²) in [5.41, 5.74) is -3.33. The first-order valence-corrected chi connectivity index (χ1v) is 12.0. The molecule has 0 aliphatic carbocycles. The van der Waals surface area contributed by atoms with E-state index < -0.39 is 26.3 Å². The van der Waals surface area contributed by atoms with Gasteiger partial charge < -0.3 is 15.2 Å². The van der Waals surface area contributed by atoms with Crippen molar-refractivity contribution in [2.75, 3.05) is 5.32 Å². The van der Waals surface area contributed by atoms with E-state index in [0.29, 0.717) is 21.2 Å². The van der Waals surface area contributed by atoms with Crippen molar-refractivity contribution in [2.45, 2.75) is 23.4 Å². The van der Waals surface area contributed by atoms with Gasteiger partial charge in [-0.25, -0.2) is 23.4 Å². The number of imidazole rings is 1. The number of aromatic nitrogens is 4. The lowest BCUT2D eigenvalue weighted by atomic mass is 10.2. The largest absolute Gasteiger partial charge is 0.501 e. The van der Waals surface area contributed by atoms with E-state index in [2.05, 4.69) is 25.6 Å². The molecule has 0 aliphatic heterocycles. The highest BCUT2D eigenvalue weighted by Crippen LogP contribution is 2.32. The van der Waals surface area contributed by atoms with E-state index in [4.69, 9.17) is 0 Å². The molecule has 178 valence electrons. The summed E-state index contributed by atoms with van der Waals surface area (Å²) in [6.45, 7) is 1.77. The van der Waals surface area contributed by atoms with Crippen molar-refractivity contribution in [3.8, 4) is 0 Å². The molecular formula is C20H17F3N6O3S2. The standard InChI is InChI=1S/C20H17F3N6O3S2/c1-11(27-18(30)14-7-16-15(8-24-14)26-10-29(16)2)17-9-25-19(33-17)28-12-3-5-13(6-4-12)34(31,32)20(21,22)23/h3-11H,1-2H3,(H,25,28)(H,27,30). The molecule has 14 heteroatoms. The first kappa shape index (κ1) is 23.6. The lowest BCUT2D eigenvalue weighted by Gasteiger charge is -2.11. The maximum Gasteiger partial charge on any atom is 0.501 e. The molecule has 0 aliphatic rings. The van der Waals surface area contributed by atoms with Gasteiger partial charge in [-0.3, -0.25) is 4.79 Å². The fraction of sp³-hybridized carbons (Fsp3) is 0.200. The number of halogens is 3. The van der Waals surface area contributed by atoms with Crippen molar-refractivity contribution in [3.63, 3.8) is 0 Å². The van der Waals surface area contributed by atoms with Crippen LogP contribution >= 0.6 is 11.3 Å². The highest BCUT2D eigenvalue weighted by Gasteiger charge is 2.46. The fourth-order valence-electron chi connectivity index (χ4n) is 3.02. The Balaban J connectivity index is 1.42. The highest BCUT2D eigenvalue weighted by molar-refractivity contribution is 7.92. The average Bonchev–Trinajstić information content (AvgIpc) is 3.40. The fourth-order valence-corrected chi connectivity index (χ4v) is 4.62. The summed E-state index contributed by atoms with van der Waals surface area (Å²) in [4.78, 5) is 25.0. The van der Waals surface area contributed by atoms with Crippen molar-refractivity contribution in [2.24, 2.45) is 7.05 Å². The molecule has 3 aromatic heterocycles. The number of benzene rings is 1. The summed E-state index contributed by atoms with van der Waals surface area (Å²) in [6.07, 6.45) is 4.71.